The highest BCUT2D eigenvalue weighted by molar-refractivity contribution is 5.85. The molecule has 50 valence electrons. The molecule has 1 N–H and O–H groups in total. The molecule has 0 spiro atoms. The smallest absolute Gasteiger partial charge is 0.145 e. The monoisotopic (exact) mass is 143 g/mol. The second-order valence-corrected chi connectivity index (χ2v) is 1.69. The number of alkyl halides is 2. The molecule has 0 saturated carbocycles. The first-order valence-corrected chi connectivity index (χ1v) is 2.29. The van der Waals surface area contributed by atoms with Gasteiger partial charge >= 0.3 is 0 Å². The van der Waals surface area contributed by atoms with Crippen LogP contribution < -0.4 is 5.32 Å². The molecule has 0 radical (unpaired) electrons. The Labute approximate surface area is 52.9 Å². The van der Waals surface area contributed by atoms with Crippen LogP contribution in [0.15, 0.2) is 0 Å². The predicted molar refractivity (Wildman–Crippen MR) is 29.9 cm³/mol. The molecule has 1 heterocycles. The summed E-state index contributed by atoms with van der Waals surface area (Å²) in [5.41, 5.74) is 0. The van der Waals surface area contributed by atoms with Crippen LogP contribution >= 0.6 is 12.4 Å². The van der Waals surface area contributed by atoms with E-state index in [1.165, 1.54) is 0 Å². The van der Waals surface area contributed by atoms with Gasteiger partial charge in [0.25, 0.3) is 0 Å². The summed E-state index contributed by atoms with van der Waals surface area (Å²) < 4.78 is 23.8. The topological polar surface area (TPSA) is 12.0 Å². The van der Waals surface area contributed by atoms with E-state index >= 15 is 0 Å². The van der Waals surface area contributed by atoms with Gasteiger partial charge in [-0.15, -0.1) is 12.4 Å². The second kappa shape index (κ2) is 3.20. The Morgan fingerprint density at radius 1 is 1.12 bits per heavy atom. The highest BCUT2D eigenvalue weighted by atomic mass is 35.5. The van der Waals surface area contributed by atoms with Crippen molar-refractivity contribution in [2.24, 2.45) is 0 Å². The molecule has 1 aliphatic heterocycles. The Balaban J connectivity index is 0.000000490. The van der Waals surface area contributed by atoms with Crippen LogP contribution in [0.1, 0.15) is 0 Å². The molecular formula is C4H8ClF2N. The first-order chi connectivity index (χ1) is 3.30. The van der Waals surface area contributed by atoms with Crippen molar-refractivity contribution in [3.05, 3.63) is 0 Å². The van der Waals surface area contributed by atoms with E-state index in [1.54, 1.807) is 0 Å². The average Bonchev–Trinajstić information content (AvgIpc) is 1.91. The summed E-state index contributed by atoms with van der Waals surface area (Å²) in [4.78, 5) is 0. The predicted octanol–water partition coefficient (Wildman–Crippen LogP) is 0.688. The minimum Gasteiger partial charge on any atom is -0.311 e. The first-order valence-electron chi connectivity index (χ1n) is 2.29. The SMILES string of the molecule is Cl.FC1CNC[C@H]1F. The normalized spacial score (nSPS) is 36.8. The highest BCUT2D eigenvalue weighted by Gasteiger charge is 2.25. The first kappa shape index (κ1) is 8.11. The van der Waals surface area contributed by atoms with Gasteiger partial charge < -0.3 is 5.32 Å². The summed E-state index contributed by atoms with van der Waals surface area (Å²) in [6.07, 6.45) is -2.53. The third-order valence-electron chi connectivity index (χ3n) is 1.07. The minimum atomic E-state index is -1.26. The van der Waals surface area contributed by atoms with Gasteiger partial charge in [0, 0.05) is 13.1 Å². The molecule has 0 aromatic rings. The van der Waals surface area contributed by atoms with E-state index < -0.39 is 12.3 Å². The van der Waals surface area contributed by atoms with Gasteiger partial charge in [-0.25, -0.2) is 8.78 Å². The van der Waals surface area contributed by atoms with E-state index in [9.17, 15) is 8.78 Å². The summed E-state index contributed by atoms with van der Waals surface area (Å²) in [6, 6.07) is 0. The molecule has 8 heavy (non-hydrogen) atoms. The van der Waals surface area contributed by atoms with Gasteiger partial charge in [0.05, 0.1) is 0 Å². The molecule has 0 aromatic carbocycles. The van der Waals surface area contributed by atoms with Crippen molar-refractivity contribution >= 4 is 12.4 Å². The Hall–Kier alpha value is 0.110. The molecule has 4 heteroatoms. The molecule has 1 unspecified atom stereocenters. The Bertz CT molecular complexity index is 63.1. The molecule has 0 amide bonds. The van der Waals surface area contributed by atoms with Gasteiger partial charge in [-0.2, -0.15) is 0 Å². The van der Waals surface area contributed by atoms with Crippen molar-refractivity contribution < 1.29 is 8.78 Å². The summed E-state index contributed by atoms with van der Waals surface area (Å²) in [6.45, 7) is 0.363. The lowest BCUT2D eigenvalue weighted by atomic mass is 10.3. The molecule has 1 fully saturated rings. The molecular weight excluding hydrogens is 136 g/mol. The summed E-state index contributed by atoms with van der Waals surface area (Å²) in [7, 11) is 0. The van der Waals surface area contributed by atoms with E-state index in [-0.39, 0.29) is 25.5 Å². The van der Waals surface area contributed by atoms with E-state index in [0.717, 1.165) is 0 Å². The van der Waals surface area contributed by atoms with Crippen LogP contribution in [0.25, 0.3) is 0 Å². The molecule has 0 bridgehead atoms. The molecule has 0 aliphatic carbocycles. The summed E-state index contributed by atoms with van der Waals surface area (Å²) in [5, 5.41) is 2.57. The molecule has 1 rings (SSSR count). The van der Waals surface area contributed by atoms with E-state index in [2.05, 4.69) is 5.32 Å². The number of rotatable bonds is 0. The Kier molecular flexibility index (Phi) is 3.24. The van der Waals surface area contributed by atoms with Crippen molar-refractivity contribution in [1.82, 2.24) is 5.32 Å². The lowest BCUT2D eigenvalue weighted by molar-refractivity contribution is 0.217. The van der Waals surface area contributed by atoms with E-state index in [1.807, 2.05) is 0 Å². The van der Waals surface area contributed by atoms with Crippen LogP contribution in [-0.4, -0.2) is 25.4 Å². The van der Waals surface area contributed by atoms with Crippen molar-refractivity contribution in [2.45, 2.75) is 12.3 Å². The standard InChI is InChI=1S/C4H7F2N.ClH/c5-3-1-7-2-4(3)6;/h3-4,7H,1-2H2;1H/t3-,4?;/m1./s1. The minimum absolute atomic E-state index is 0. The molecule has 2 atom stereocenters. The van der Waals surface area contributed by atoms with Gasteiger partial charge in [-0.3, -0.25) is 0 Å². The zero-order valence-corrected chi connectivity index (χ0v) is 5.05. The number of halogens is 3. The quantitative estimate of drug-likeness (QED) is 0.526. The largest absolute Gasteiger partial charge is 0.311 e. The van der Waals surface area contributed by atoms with Crippen LogP contribution in [0, 0.1) is 0 Å². The van der Waals surface area contributed by atoms with Crippen LogP contribution in [-0.2, 0) is 0 Å². The zero-order chi connectivity index (χ0) is 5.28. The maximum Gasteiger partial charge on any atom is 0.145 e. The maximum atomic E-state index is 11.9. The van der Waals surface area contributed by atoms with Crippen LogP contribution in [0.3, 0.4) is 0 Å². The van der Waals surface area contributed by atoms with Crippen LogP contribution in [0.5, 0.6) is 0 Å². The van der Waals surface area contributed by atoms with Gasteiger partial charge in [-0.1, -0.05) is 0 Å². The Morgan fingerprint density at radius 2 is 1.50 bits per heavy atom. The molecule has 1 saturated heterocycles. The van der Waals surface area contributed by atoms with E-state index in [0.29, 0.717) is 0 Å². The van der Waals surface area contributed by atoms with Gasteiger partial charge in [0.2, 0.25) is 0 Å². The fourth-order valence-electron chi connectivity index (χ4n) is 0.615. The van der Waals surface area contributed by atoms with Crippen LogP contribution in [0.2, 0.25) is 0 Å². The lowest BCUT2D eigenvalue weighted by Gasteiger charge is -1.95. The third kappa shape index (κ3) is 1.56. The zero-order valence-electron chi connectivity index (χ0n) is 4.23. The fourth-order valence-corrected chi connectivity index (χ4v) is 0.615. The maximum absolute atomic E-state index is 11.9. The second-order valence-electron chi connectivity index (χ2n) is 1.69. The third-order valence-corrected chi connectivity index (χ3v) is 1.07. The number of nitrogens with one attached hydrogen (secondary N) is 1. The molecule has 1 aliphatic rings. The average molecular weight is 144 g/mol. The lowest BCUT2D eigenvalue weighted by Crippen LogP contribution is -2.12. The fraction of sp³-hybridized carbons (Fsp3) is 1.00. The molecule has 1 nitrogen and oxygen atoms in total. The van der Waals surface area contributed by atoms with Crippen molar-refractivity contribution in [2.75, 3.05) is 13.1 Å². The number of hydrogen-bond acceptors (Lipinski definition) is 1. The van der Waals surface area contributed by atoms with Crippen LogP contribution in [0.4, 0.5) is 8.78 Å². The molecule has 0 aromatic heterocycles. The van der Waals surface area contributed by atoms with Gasteiger partial charge in [0.1, 0.15) is 12.3 Å². The highest BCUT2D eigenvalue weighted by Crippen LogP contribution is 2.06. The Morgan fingerprint density at radius 3 is 1.62 bits per heavy atom. The number of hydrogen-bond donors (Lipinski definition) is 1. The summed E-state index contributed by atoms with van der Waals surface area (Å²) >= 11 is 0. The van der Waals surface area contributed by atoms with Crippen molar-refractivity contribution in [3.63, 3.8) is 0 Å². The summed E-state index contributed by atoms with van der Waals surface area (Å²) in [5.74, 6) is 0. The van der Waals surface area contributed by atoms with Crippen molar-refractivity contribution in [1.29, 1.82) is 0 Å². The van der Waals surface area contributed by atoms with E-state index in [4.69, 9.17) is 0 Å². The van der Waals surface area contributed by atoms with Gasteiger partial charge in [-0.05, 0) is 0 Å². The van der Waals surface area contributed by atoms with Crippen molar-refractivity contribution in [3.8, 4) is 0 Å². The van der Waals surface area contributed by atoms with Gasteiger partial charge in [0.15, 0.2) is 0 Å².